The van der Waals surface area contributed by atoms with E-state index in [4.69, 9.17) is 5.11 Å². The number of hydrogen-bond acceptors (Lipinski definition) is 3. The third-order valence-corrected chi connectivity index (χ3v) is 1.88. The van der Waals surface area contributed by atoms with Crippen molar-refractivity contribution in [3.8, 4) is 5.75 Å². The van der Waals surface area contributed by atoms with E-state index in [1.54, 1.807) is 19.9 Å². The van der Waals surface area contributed by atoms with Gasteiger partial charge >= 0.3 is 5.97 Å². The quantitative estimate of drug-likeness (QED) is 0.549. The zero-order valence-corrected chi connectivity index (χ0v) is 7.87. The number of carbonyl (C=O) groups is 2. The summed E-state index contributed by atoms with van der Waals surface area (Å²) < 4.78 is 0. The molecule has 0 saturated heterocycles. The van der Waals surface area contributed by atoms with Crippen LogP contribution < -0.4 is 0 Å². The molecule has 1 aromatic rings. The van der Waals surface area contributed by atoms with Gasteiger partial charge in [-0.25, -0.2) is 4.79 Å². The summed E-state index contributed by atoms with van der Waals surface area (Å²) in [4.78, 5) is 21.6. The Morgan fingerprint density at radius 2 is 1.79 bits per heavy atom. The molecule has 14 heavy (non-hydrogen) atoms. The Morgan fingerprint density at radius 1 is 1.21 bits per heavy atom. The molecule has 0 aliphatic carbocycles. The highest BCUT2D eigenvalue weighted by molar-refractivity contribution is 6.40. The molecule has 0 heterocycles. The van der Waals surface area contributed by atoms with Gasteiger partial charge in [-0.3, -0.25) is 4.79 Å². The van der Waals surface area contributed by atoms with Crippen molar-refractivity contribution in [2.75, 3.05) is 0 Å². The lowest BCUT2D eigenvalue weighted by molar-refractivity contribution is -0.131. The van der Waals surface area contributed by atoms with E-state index in [0.717, 1.165) is 5.56 Å². The van der Waals surface area contributed by atoms with Crippen molar-refractivity contribution in [2.24, 2.45) is 0 Å². The summed E-state index contributed by atoms with van der Waals surface area (Å²) in [6.07, 6.45) is 0. The van der Waals surface area contributed by atoms with Gasteiger partial charge in [-0.2, -0.15) is 0 Å². The highest BCUT2D eigenvalue weighted by Gasteiger charge is 2.20. The summed E-state index contributed by atoms with van der Waals surface area (Å²) >= 11 is 0. The van der Waals surface area contributed by atoms with Crippen LogP contribution in [0.1, 0.15) is 21.5 Å². The van der Waals surface area contributed by atoms with E-state index < -0.39 is 11.8 Å². The number of carbonyl (C=O) groups excluding carboxylic acids is 1. The maximum atomic E-state index is 11.1. The number of carboxylic acid groups (broad SMARTS) is 1. The molecule has 0 aliphatic rings. The van der Waals surface area contributed by atoms with Crippen LogP contribution in [0, 0.1) is 13.8 Å². The lowest BCUT2D eigenvalue weighted by atomic mass is 10.0. The normalized spacial score (nSPS) is 9.86. The molecule has 0 atom stereocenters. The van der Waals surface area contributed by atoms with E-state index >= 15 is 0 Å². The molecule has 4 heteroatoms. The van der Waals surface area contributed by atoms with Crippen LogP contribution in [0.4, 0.5) is 0 Å². The van der Waals surface area contributed by atoms with Crippen LogP contribution >= 0.6 is 0 Å². The number of phenolic OH excluding ortho intramolecular Hbond substituents is 1. The van der Waals surface area contributed by atoms with E-state index in [-0.39, 0.29) is 11.3 Å². The number of carboxylic acids is 1. The smallest absolute Gasteiger partial charge is 0.377 e. The molecule has 1 aromatic carbocycles. The molecule has 0 spiro atoms. The predicted molar refractivity (Wildman–Crippen MR) is 49.5 cm³/mol. The van der Waals surface area contributed by atoms with Gasteiger partial charge in [-0.1, -0.05) is 6.07 Å². The van der Waals surface area contributed by atoms with Crippen LogP contribution in [0.5, 0.6) is 5.75 Å². The van der Waals surface area contributed by atoms with Crippen molar-refractivity contribution >= 4 is 11.8 Å². The first-order valence-electron chi connectivity index (χ1n) is 4.01. The molecule has 4 nitrogen and oxygen atoms in total. The van der Waals surface area contributed by atoms with Crippen molar-refractivity contribution < 1.29 is 19.8 Å². The van der Waals surface area contributed by atoms with Crippen molar-refractivity contribution in [3.63, 3.8) is 0 Å². The molecule has 0 aromatic heterocycles. The Hall–Kier alpha value is -1.84. The highest BCUT2D eigenvalue weighted by atomic mass is 16.4. The van der Waals surface area contributed by atoms with Gasteiger partial charge in [0.25, 0.3) is 5.78 Å². The van der Waals surface area contributed by atoms with E-state index in [1.165, 1.54) is 6.07 Å². The molecular formula is C10H10O4. The Bertz CT molecular complexity index is 384. The Morgan fingerprint density at radius 3 is 2.21 bits per heavy atom. The van der Waals surface area contributed by atoms with Gasteiger partial charge in [-0.05, 0) is 31.0 Å². The molecule has 1 rings (SSSR count). The summed E-state index contributed by atoms with van der Waals surface area (Å²) in [5.41, 5.74) is 1.11. The molecule has 0 aliphatic heterocycles. The molecule has 2 N–H and O–H groups in total. The SMILES string of the molecule is Cc1cc(C)c(C(=O)C(=O)O)c(O)c1. The second-order valence-corrected chi connectivity index (χ2v) is 3.11. The molecule has 0 saturated carbocycles. The van der Waals surface area contributed by atoms with Gasteiger partial charge < -0.3 is 10.2 Å². The first kappa shape index (κ1) is 10.2. The number of aliphatic carboxylic acids is 1. The van der Waals surface area contributed by atoms with Gasteiger partial charge in [0.2, 0.25) is 0 Å². The number of Topliss-reactive ketones (excluding diaryl/α,β-unsaturated/α-hetero) is 1. The monoisotopic (exact) mass is 194 g/mol. The molecule has 74 valence electrons. The molecule has 0 radical (unpaired) electrons. The standard InChI is InChI=1S/C10H10O4/c1-5-3-6(2)8(7(11)4-5)9(12)10(13)14/h3-4,11H,1-2H3,(H,13,14). The van der Waals surface area contributed by atoms with Crippen molar-refractivity contribution in [2.45, 2.75) is 13.8 Å². The Balaban J connectivity index is 3.35. The van der Waals surface area contributed by atoms with E-state index in [9.17, 15) is 14.7 Å². The molecule has 0 fully saturated rings. The average molecular weight is 194 g/mol. The minimum absolute atomic E-state index is 0.136. The van der Waals surface area contributed by atoms with Gasteiger partial charge in [0.1, 0.15) is 5.75 Å². The van der Waals surface area contributed by atoms with E-state index in [1.807, 2.05) is 0 Å². The van der Waals surface area contributed by atoms with Gasteiger partial charge in [-0.15, -0.1) is 0 Å². The predicted octanol–water partition coefficient (Wildman–Crippen LogP) is 1.28. The number of phenols is 1. The van der Waals surface area contributed by atoms with Crippen LogP contribution in [-0.2, 0) is 4.79 Å². The van der Waals surface area contributed by atoms with Crippen LogP contribution in [0.2, 0.25) is 0 Å². The van der Waals surface area contributed by atoms with Crippen LogP contribution in [0.15, 0.2) is 12.1 Å². The summed E-state index contributed by atoms with van der Waals surface area (Å²) in [6.45, 7) is 3.34. The molecule has 0 amide bonds. The fourth-order valence-electron chi connectivity index (χ4n) is 1.35. The van der Waals surface area contributed by atoms with Gasteiger partial charge in [0, 0.05) is 0 Å². The maximum Gasteiger partial charge on any atom is 0.377 e. The first-order valence-corrected chi connectivity index (χ1v) is 4.01. The zero-order valence-electron chi connectivity index (χ0n) is 7.87. The van der Waals surface area contributed by atoms with Crippen molar-refractivity contribution in [1.82, 2.24) is 0 Å². The average Bonchev–Trinajstić information content (AvgIpc) is 2.01. The zero-order chi connectivity index (χ0) is 10.9. The maximum absolute atomic E-state index is 11.1. The highest BCUT2D eigenvalue weighted by Crippen LogP contribution is 2.23. The molecule has 0 bridgehead atoms. The third kappa shape index (κ3) is 1.74. The number of rotatable bonds is 2. The summed E-state index contributed by atoms with van der Waals surface area (Å²) in [7, 11) is 0. The lowest BCUT2D eigenvalue weighted by Crippen LogP contribution is -2.14. The number of aromatic hydroxyl groups is 1. The molecule has 0 unspecified atom stereocenters. The first-order chi connectivity index (χ1) is 6.43. The van der Waals surface area contributed by atoms with Crippen LogP contribution in [-0.4, -0.2) is 22.0 Å². The third-order valence-electron chi connectivity index (χ3n) is 1.88. The largest absolute Gasteiger partial charge is 0.507 e. The minimum atomic E-state index is -1.56. The van der Waals surface area contributed by atoms with Crippen molar-refractivity contribution in [3.05, 3.63) is 28.8 Å². The topological polar surface area (TPSA) is 74.6 Å². The lowest BCUT2D eigenvalue weighted by Gasteiger charge is -2.05. The van der Waals surface area contributed by atoms with Crippen LogP contribution in [0.3, 0.4) is 0 Å². The van der Waals surface area contributed by atoms with E-state index in [0.29, 0.717) is 5.56 Å². The fraction of sp³-hybridized carbons (Fsp3) is 0.200. The summed E-state index contributed by atoms with van der Waals surface area (Å²) in [5, 5.41) is 17.9. The Labute approximate surface area is 80.8 Å². The molecular weight excluding hydrogens is 184 g/mol. The second kappa shape index (κ2) is 3.49. The number of ketones is 1. The fourth-order valence-corrected chi connectivity index (χ4v) is 1.35. The number of aryl methyl sites for hydroxylation is 2. The second-order valence-electron chi connectivity index (χ2n) is 3.11. The number of benzene rings is 1. The summed E-state index contributed by atoms with van der Waals surface area (Å²) in [6, 6.07) is 3.01. The summed E-state index contributed by atoms with van der Waals surface area (Å²) in [5.74, 6) is -2.93. The van der Waals surface area contributed by atoms with Gasteiger partial charge in [0.15, 0.2) is 0 Å². The minimum Gasteiger partial charge on any atom is -0.507 e. The van der Waals surface area contributed by atoms with Crippen molar-refractivity contribution in [1.29, 1.82) is 0 Å². The van der Waals surface area contributed by atoms with Gasteiger partial charge in [0.05, 0.1) is 5.56 Å². The van der Waals surface area contributed by atoms with E-state index in [2.05, 4.69) is 0 Å². The Kier molecular flexibility index (Phi) is 2.56. The van der Waals surface area contributed by atoms with Crippen LogP contribution in [0.25, 0.3) is 0 Å². The number of hydrogen-bond donors (Lipinski definition) is 2.